The first kappa shape index (κ1) is 15.0. The zero-order valence-electron chi connectivity index (χ0n) is 11.0. The molecule has 110 valence electrons. The van der Waals surface area contributed by atoms with E-state index in [2.05, 4.69) is 15.7 Å². The van der Waals surface area contributed by atoms with Crippen molar-refractivity contribution in [3.8, 4) is 0 Å². The van der Waals surface area contributed by atoms with Gasteiger partial charge in [-0.3, -0.25) is 14.8 Å². The van der Waals surface area contributed by atoms with E-state index in [1.165, 1.54) is 13.2 Å². The van der Waals surface area contributed by atoms with Crippen molar-refractivity contribution in [3.05, 3.63) is 47.8 Å². The summed E-state index contributed by atoms with van der Waals surface area (Å²) < 4.78 is 26.7. The molecular formula is C13H12F2N4OS. The monoisotopic (exact) mass is 310 g/mol. The molecule has 0 radical (unpaired) electrons. The SMILES string of the molecule is Cn1cc(C(=O)NC(=S)Nc2ccccc2)c(C(F)F)n1. The van der Waals surface area contributed by atoms with Gasteiger partial charge in [0, 0.05) is 18.9 Å². The topological polar surface area (TPSA) is 59.0 Å². The van der Waals surface area contributed by atoms with E-state index in [0.717, 1.165) is 4.68 Å². The van der Waals surface area contributed by atoms with E-state index < -0.39 is 18.0 Å². The zero-order chi connectivity index (χ0) is 15.4. The molecule has 0 spiro atoms. The van der Waals surface area contributed by atoms with Gasteiger partial charge in [-0.15, -0.1) is 0 Å². The average Bonchev–Trinajstić information content (AvgIpc) is 2.82. The number of carbonyl (C=O) groups is 1. The number of thiocarbonyl (C=S) groups is 1. The maximum Gasteiger partial charge on any atom is 0.282 e. The summed E-state index contributed by atoms with van der Waals surface area (Å²) >= 11 is 4.97. The average molecular weight is 310 g/mol. The van der Waals surface area contributed by atoms with Crippen LogP contribution in [-0.4, -0.2) is 20.8 Å². The molecule has 8 heteroatoms. The maximum absolute atomic E-state index is 12.8. The Morgan fingerprint density at radius 2 is 2.00 bits per heavy atom. The highest BCUT2D eigenvalue weighted by molar-refractivity contribution is 7.80. The molecule has 2 N–H and O–H groups in total. The lowest BCUT2D eigenvalue weighted by molar-refractivity contribution is 0.0962. The number of halogens is 2. The molecule has 0 fully saturated rings. The lowest BCUT2D eigenvalue weighted by atomic mass is 10.2. The first-order valence-corrected chi connectivity index (χ1v) is 6.37. The van der Waals surface area contributed by atoms with Crippen molar-refractivity contribution in [3.63, 3.8) is 0 Å². The van der Waals surface area contributed by atoms with Crippen LogP contribution in [0, 0.1) is 0 Å². The molecule has 1 heterocycles. The molecule has 0 saturated heterocycles. The Morgan fingerprint density at radius 1 is 1.33 bits per heavy atom. The van der Waals surface area contributed by atoms with Gasteiger partial charge in [-0.2, -0.15) is 5.10 Å². The molecule has 21 heavy (non-hydrogen) atoms. The normalized spacial score (nSPS) is 10.5. The number of alkyl halides is 2. The third-order valence-corrected chi connectivity index (χ3v) is 2.77. The van der Waals surface area contributed by atoms with Crippen molar-refractivity contribution in [1.29, 1.82) is 0 Å². The molecule has 0 unspecified atom stereocenters. The van der Waals surface area contributed by atoms with Crippen LogP contribution >= 0.6 is 12.2 Å². The number of nitrogens with one attached hydrogen (secondary N) is 2. The molecule has 1 amide bonds. The number of benzene rings is 1. The van der Waals surface area contributed by atoms with E-state index in [1.807, 2.05) is 6.07 Å². The molecule has 0 aliphatic carbocycles. The van der Waals surface area contributed by atoms with Crippen molar-refractivity contribution in [2.75, 3.05) is 5.32 Å². The smallest absolute Gasteiger partial charge is 0.282 e. The van der Waals surface area contributed by atoms with Gasteiger partial charge in [0.2, 0.25) is 0 Å². The first-order chi connectivity index (χ1) is 9.97. The molecule has 0 bridgehead atoms. The van der Waals surface area contributed by atoms with Crippen molar-refractivity contribution < 1.29 is 13.6 Å². The predicted octanol–water partition coefficient (Wildman–Crippen LogP) is 2.48. The van der Waals surface area contributed by atoms with Crippen LogP contribution in [0.3, 0.4) is 0 Å². The number of aryl methyl sites for hydroxylation is 1. The lowest BCUT2D eigenvalue weighted by Gasteiger charge is -2.09. The van der Waals surface area contributed by atoms with E-state index in [1.54, 1.807) is 24.3 Å². The summed E-state index contributed by atoms with van der Waals surface area (Å²) in [6.45, 7) is 0. The fourth-order valence-electron chi connectivity index (χ4n) is 1.70. The third kappa shape index (κ3) is 3.82. The molecule has 1 aromatic heterocycles. The summed E-state index contributed by atoms with van der Waals surface area (Å²) in [5, 5.41) is 8.72. The summed E-state index contributed by atoms with van der Waals surface area (Å²) in [5.41, 5.74) is -0.0923. The minimum atomic E-state index is -2.83. The molecule has 2 rings (SSSR count). The van der Waals surface area contributed by atoms with Crippen LogP contribution in [0.15, 0.2) is 36.5 Å². The Bertz CT molecular complexity index is 657. The minimum Gasteiger partial charge on any atom is -0.332 e. The Kier molecular flexibility index (Phi) is 4.59. The van der Waals surface area contributed by atoms with Crippen molar-refractivity contribution in [1.82, 2.24) is 15.1 Å². The molecular weight excluding hydrogens is 298 g/mol. The van der Waals surface area contributed by atoms with Gasteiger partial charge in [0.25, 0.3) is 12.3 Å². The number of hydrogen-bond acceptors (Lipinski definition) is 3. The Balaban J connectivity index is 2.06. The van der Waals surface area contributed by atoms with Gasteiger partial charge >= 0.3 is 0 Å². The molecule has 0 atom stereocenters. The van der Waals surface area contributed by atoms with E-state index in [-0.39, 0.29) is 10.7 Å². The summed E-state index contributed by atoms with van der Waals surface area (Å²) in [5.74, 6) is -0.730. The van der Waals surface area contributed by atoms with Gasteiger partial charge in [-0.25, -0.2) is 8.78 Å². The molecule has 0 aliphatic heterocycles. The lowest BCUT2D eigenvalue weighted by Crippen LogP contribution is -2.34. The number of nitrogens with zero attached hydrogens (tertiary/aromatic N) is 2. The Hall–Kier alpha value is -2.35. The summed E-state index contributed by atoms with van der Waals surface area (Å²) in [4.78, 5) is 12.0. The molecule has 1 aromatic carbocycles. The van der Waals surface area contributed by atoms with Crippen molar-refractivity contribution >= 4 is 28.9 Å². The maximum atomic E-state index is 12.8. The third-order valence-electron chi connectivity index (χ3n) is 2.57. The number of rotatable bonds is 3. The van der Waals surface area contributed by atoms with Gasteiger partial charge in [0.1, 0.15) is 5.69 Å². The van der Waals surface area contributed by atoms with E-state index >= 15 is 0 Å². The van der Waals surface area contributed by atoms with Crippen LogP contribution in [0.4, 0.5) is 14.5 Å². The van der Waals surface area contributed by atoms with Gasteiger partial charge in [0.15, 0.2) is 5.11 Å². The van der Waals surface area contributed by atoms with Crippen LogP contribution in [0.2, 0.25) is 0 Å². The second kappa shape index (κ2) is 6.40. The quantitative estimate of drug-likeness (QED) is 0.855. The molecule has 0 aliphatic rings. The van der Waals surface area contributed by atoms with Gasteiger partial charge < -0.3 is 5.32 Å². The largest absolute Gasteiger partial charge is 0.332 e. The highest BCUT2D eigenvalue weighted by Gasteiger charge is 2.23. The first-order valence-electron chi connectivity index (χ1n) is 5.96. The zero-order valence-corrected chi connectivity index (χ0v) is 11.8. The molecule has 2 aromatic rings. The van der Waals surface area contributed by atoms with Crippen molar-refractivity contribution in [2.45, 2.75) is 6.43 Å². The van der Waals surface area contributed by atoms with Gasteiger partial charge in [0.05, 0.1) is 5.56 Å². The van der Waals surface area contributed by atoms with Crippen molar-refractivity contribution in [2.24, 2.45) is 7.05 Å². The minimum absolute atomic E-state index is 0.0234. The fraction of sp³-hybridized carbons (Fsp3) is 0.154. The van der Waals surface area contributed by atoms with Gasteiger partial charge in [-0.1, -0.05) is 18.2 Å². The second-order valence-corrected chi connectivity index (χ2v) is 4.58. The Morgan fingerprint density at radius 3 is 2.62 bits per heavy atom. The number of anilines is 1. The number of hydrogen-bond donors (Lipinski definition) is 2. The van der Waals surface area contributed by atoms with E-state index in [9.17, 15) is 13.6 Å². The van der Waals surface area contributed by atoms with E-state index in [4.69, 9.17) is 12.2 Å². The summed E-state index contributed by atoms with van der Waals surface area (Å²) in [7, 11) is 1.46. The van der Waals surface area contributed by atoms with Gasteiger partial charge in [-0.05, 0) is 24.4 Å². The molecule has 5 nitrogen and oxygen atoms in total. The van der Waals surface area contributed by atoms with Crippen LogP contribution in [0.1, 0.15) is 22.5 Å². The predicted molar refractivity (Wildman–Crippen MR) is 78.3 cm³/mol. The van der Waals surface area contributed by atoms with Crippen LogP contribution in [0.25, 0.3) is 0 Å². The highest BCUT2D eigenvalue weighted by atomic mass is 32.1. The summed E-state index contributed by atoms with van der Waals surface area (Å²) in [6.07, 6.45) is -1.61. The number of aromatic nitrogens is 2. The summed E-state index contributed by atoms with van der Waals surface area (Å²) in [6, 6.07) is 8.93. The fourth-order valence-corrected chi connectivity index (χ4v) is 1.91. The van der Waals surface area contributed by atoms with Crippen LogP contribution in [0.5, 0.6) is 0 Å². The number of amides is 1. The van der Waals surface area contributed by atoms with Crippen LogP contribution < -0.4 is 10.6 Å². The number of para-hydroxylation sites is 1. The number of carbonyl (C=O) groups excluding carboxylic acids is 1. The molecule has 0 saturated carbocycles. The second-order valence-electron chi connectivity index (χ2n) is 4.18. The highest BCUT2D eigenvalue weighted by Crippen LogP contribution is 2.20. The Labute approximate surface area is 125 Å². The standard InChI is InChI=1S/C13H12F2N4OS/c1-19-7-9(10(18-19)11(14)15)12(20)17-13(21)16-8-5-3-2-4-6-8/h2-7,11H,1H3,(H2,16,17,20,21). The van der Waals surface area contributed by atoms with E-state index in [0.29, 0.717) is 5.69 Å². The van der Waals surface area contributed by atoms with Crippen LogP contribution in [-0.2, 0) is 7.05 Å².